The highest BCUT2D eigenvalue weighted by atomic mass is 16.6. The van der Waals surface area contributed by atoms with Gasteiger partial charge in [0.15, 0.2) is 6.23 Å². The van der Waals surface area contributed by atoms with E-state index in [1.54, 1.807) is 0 Å². The fraction of sp³-hybridized carbons (Fsp3) is 1.00. The lowest BCUT2D eigenvalue weighted by Gasteiger charge is -2.37. The van der Waals surface area contributed by atoms with Crippen LogP contribution < -0.4 is 0 Å². The first-order valence-electron chi connectivity index (χ1n) is 3.96. The van der Waals surface area contributed by atoms with Gasteiger partial charge < -0.3 is 25.2 Å². The molecule has 1 aliphatic rings. The molecular formula is C6H11N3O5. The minimum atomic E-state index is -1.50. The van der Waals surface area contributed by atoms with Crippen molar-refractivity contribution in [3.05, 3.63) is 10.4 Å². The number of rotatable bonds is 2. The molecule has 0 aromatic carbocycles. The van der Waals surface area contributed by atoms with Crippen LogP contribution in [0.15, 0.2) is 5.11 Å². The van der Waals surface area contributed by atoms with Crippen LogP contribution in [-0.4, -0.2) is 57.7 Å². The van der Waals surface area contributed by atoms with Gasteiger partial charge in [-0.2, -0.15) is 0 Å². The Balaban J connectivity index is 2.77. The van der Waals surface area contributed by atoms with Gasteiger partial charge in [-0.05, 0) is 5.53 Å². The third-order valence-corrected chi connectivity index (χ3v) is 2.03. The SMILES string of the molecule is [N-]=[N+]=N[C@@H]1O[C@H](CO)[C@H](O)[C@H](O)[C@H]1O. The molecule has 0 aromatic rings. The van der Waals surface area contributed by atoms with Gasteiger partial charge in [0.05, 0.1) is 6.61 Å². The third-order valence-electron chi connectivity index (χ3n) is 2.03. The van der Waals surface area contributed by atoms with Gasteiger partial charge in [-0.3, -0.25) is 0 Å². The summed E-state index contributed by atoms with van der Waals surface area (Å²) in [5.74, 6) is 0. The Morgan fingerprint density at radius 2 is 1.86 bits per heavy atom. The minimum absolute atomic E-state index is 0.539. The molecule has 14 heavy (non-hydrogen) atoms. The maximum atomic E-state index is 9.27. The summed E-state index contributed by atoms with van der Waals surface area (Å²) in [5.41, 5.74) is 8.11. The quantitative estimate of drug-likeness (QED) is 0.237. The van der Waals surface area contributed by atoms with E-state index in [4.69, 9.17) is 15.4 Å². The van der Waals surface area contributed by atoms with Crippen LogP contribution in [0.5, 0.6) is 0 Å². The van der Waals surface area contributed by atoms with E-state index in [1.807, 2.05) is 0 Å². The molecule has 0 saturated carbocycles. The Bertz CT molecular complexity index is 242. The zero-order valence-electron chi connectivity index (χ0n) is 7.13. The summed E-state index contributed by atoms with van der Waals surface area (Å²) in [7, 11) is 0. The first-order valence-corrected chi connectivity index (χ1v) is 3.96. The predicted octanol–water partition coefficient (Wildman–Crippen LogP) is -1.90. The summed E-state index contributed by atoms with van der Waals surface area (Å²) in [6.45, 7) is -0.539. The van der Waals surface area contributed by atoms with Crippen molar-refractivity contribution in [2.45, 2.75) is 30.6 Å². The fourth-order valence-corrected chi connectivity index (χ4v) is 1.23. The highest BCUT2D eigenvalue weighted by Crippen LogP contribution is 2.21. The third kappa shape index (κ3) is 1.95. The van der Waals surface area contributed by atoms with Gasteiger partial charge in [0.2, 0.25) is 0 Å². The second kappa shape index (κ2) is 4.56. The highest BCUT2D eigenvalue weighted by Gasteiger charge is 2.42. The molecular weight excluding hydrogens is 194 g/mol. The first-order chi connectivity index (χ1) is 6.61. The Morgan fingerprint density at radius 1 is 1.21 bits per heavy atom. The molecule has 0 spiro atoms. The average Bonchev–Trinajstić information content (AvgIpc) is 2.19. The van der Waals surface area contributed by atoms with E-state index in [-0.39, 0.29) is 0 Å². The van der Waals surface area contributed by atoms with Gasteiger partial charge in [-0.1, -0.05) is 5.11 Å². The Morgan fingerprint density at radius 3 is 2.36 bits per heavy atom. The lowest BCUT2D eigenvalue weighted by atomic mass is 9.99. The second-order valence-electron chi connectivity index (χ2n) is 2.92. The van der Waals surface area contributed by atoms with Gasteiger partial charge >= 0.3 is 0 Å². The van der Waals surface area contributed by atoms with Crippen LogP contribution >= 0.6 is 0 Å². The monoisotopic (exact) mass is 205 g/mol. The summed E-state index contributed by atoms with van der Waals surface area (Å²) in [4.78, 5) is 2.40. The van der Waals surface area contributed by atoms with Gasteiger partial charge in [0.1, 0.15) is 24.4 Å². The van der Waals surface area contributed by atoms with E-state index in [9.17, 15) is 15.3 Å². The molecule has 1 fully saturated rings. The summed E-state index contributed by atoms with van der Waals surface area (Å²) in [5, 5.41) is 39.6. The van der Waals surface area contributed by atoms with Crippen molar-refractivity contribution in [3.63, 3.8) is 0 Å². The predicted molar refractivity (Wildman–Crippen MR) is 42.9 cm³/mol. The number of hydrogen-bond donors (Lipinski definition) is 4. The molecule has 4 N–H and O–H groups in total. The van der Waals surface area contributed by atoms with E-state index in [0.29, 0.717) is 0 Å². The summed E-state index contributed by atoms with van der Waals surface area (Å²) >= 11 is 0. The lowest BCUT2D eigenvalue weighted by Crippen LogP contribution is -2.57. The molecule has 1 aliphatic heterocycles. The van der Waals surface area contributed by atoms with Crippen LogP contribution in [0.4, 0.5) is 0 Å². The molecule has 1 rings (SSSR count). The van der Waals surface area contributed by atoms with Crippen LogP contribution in [0.25, 0.3) is 10.4 Å². The molecule has 80 valence electrons. The van der Waals surface area contributed by atoms with Crippen molar-refractivity contribution in [2.24, 2.45) is 5.11 Å². The molecule has 8 nitrogen and oxygen atoms in total. The first kappa shape index (κ1) is 11.2. The number of nitrogens with zero attached hydrogens (tertiary/aromatic N) is 3. The average molecular weight is 205 g/mol. The lowest BCUT2D eigenvalue weighted by molar-refractivity contribution is -0.227. The topological polar surface area (TPSA) is 139 Å². The van der Waals surface area contributed by atoms with Crippen molar-refractivity contribution >= 4 is 0 Å². The van der Waals surface area contributed by atoms with Gasteiger partial charge in [0.25, 0.3) is 0 Å². The van der Waals surface area contributed by atoms with Crippen LogP contribution in [0, 0.1) is 0 Å². The van der Waals surface area contributed by atoms with Crippen LogP contribution in [0.1, 0.15) is 0 Å². The van der Waals surface area contributed by atoms with Crippen molar-refractivity contribution in [1.82, 2.24) is 0 Å². The molecule has 0 aromatic heterocycles. The normalized spacial score (nSPS) is 43.0. The van der Waals surface area contributed by atoms with Gasteiger partial charge in [-0.15, -0.1) is 0 Å². The van der Waals surface area contributed by atoms with Crippen molar-refractivity contribution < 1.29 is 25.2 Å². The Labute approximate surface area is 79.0 Å². The Kier molecular flexibility index (Phi) is 3.64. The summed E-state index contributed by atoms with van der Waals surface area (Å²) in [6.07, 6.45) is -6.76. The van der Waals surface area contributed by atoms with Crippen molar-refractivity contribution in [2.75, 3.05) is 6.61 Å². The van der Waals surface area contributed by atoms with Crippen molar-refractivity contribution in [3.8, 4) is 0 Å². The van der Waals surface area contributed by atoms with Crippen molar-refractivity contribution in [1.29, 1.82) is 0 Å². The zero-order chi connectivity index (χ0) is 10.7. The fourth-order valence-electron chi connectivity index (χ4n) is 1.23. The highest BCUT2D eigenvalue weighted by molar-refractivity contribution is 4.90. The van der Waals surface area contributed by atoms with E-state index in [0.717, 1.165) is 0 Å². The van der Waals surface area contributed by atoms with Crippen LogP contribution in [-0.2, 0) is 4.74 Å². The van der Waals surface area contributed by atoms with E-state index in [1.165, 1.54) is 0 Å². The minimum Gasteiger partial charge on any atom is -0.394 e. The molecule has 0 radical (unpaired) electrons. The van der Waals surface area contributed by atoms with Crippen LogP contribution in [0.3, 0.4) is 0 Å². The number of aliphatic hydroxyl groups is 4. The second-order valence-corrected chi connectivity index (χ2v) is 2.92. The van der Waals surface area contributed by atoms with Gasteiger partial charge in [-0.25, -0.2) is 0 Å². The molecule has 1 saturated heterocycles. The largest absolute Gasteiger partial charge is 0.394 e. The van der Waals surface area contributed by atoms with E-state index >= 15 is 0 Å². The standard InChI is InChI=1S/C6H11N3O5/c7-9-8-6-5(13)4(12)3(11)2(1-10)14-6/h2-6,10-13H,1H2/t2-,3+,4+,5-,6-/m1/s1. The molecule has 8 heteroatoms. The zero-order valence-corrected chi connectivity index (χ0v) is 7.13. The summed E-state index contributed by atoms with van der Waals surface area (Å²) < 4.78 is 4.84. The number of ether oxygens (including phenoxy) is 1. The number of hydrogen-bond acceptors (Lipinski definition) is 6. The maximum absolute atomic E-state index is 9.27. The molecule has 0 unspecified atom stereocenters. The number of azide groups is 1. The van der Waals surface area contributed by atoms with E-state index < -0.39 is 37.3 Å². The summed E-state index contributed by atoms with van der Waals surface area (Å²) in [6, 6.07) is 0. The molecule has 5 atom stereocenters. The number of aliphatic hydroxyl groups excluding tert-OH is 4. The Hall–Kier alpha value is -0.890. The smallest absolute Gasteiger partial charge is 0.165 e. The van der Waals surface area contributed by atoms with E-state index in [2.05, 4.69) is 10.0 Å². The molecule has 0 bridgehead atoms. The van der Waals surface area contributed by atoms with Crippen LogP contribution in [0.2, 0.25) is 0 Å². The molecule has 0 amide bonds. The molecule has 1 heterocycles. The maximum Gasteiger partial charge on any atom is 0.165 e. The molecule has 0 aliphatic carbocycles. The van der Waals surface area contributed by atoms with Gasteiger partial charge in [0, 0.05) is 4.91 Å².